The van der Waals surface area contributed by atoms with Crippen LogP contribution in [0.2, 0.25) is 0 Å². The lowest BCUT2D eigenvalue weighted by molar-refractivity contribution is 0.0930. The summed E-state index contributed by atoms with van der Waals surface area (Å²) in [5.41, 5.74) is 0.789. The molecule has 4 fully saturated rings. The first-order chi connectivity index (χ1) is 15.9. The summed E-state index contributed by atoms with van der Waals surface area (Å²) in [5, 5.41) is 12.4. The Morgan fingerprint density at radius 2 is 2.03 bits per heavy atom. The van der Waals surface area contributed by atoms with Crippen LogP contribution in [0.1, 0.15) is 48.2 Å². The summed E-state index contributed by atoms with van der Waals surface area (Å²) >= 11 is 0. The number of fused-ring (bicyclic) bond motifs is 4. The lowest BCUT2D eigenvalue weighted by Gasteiger charge is -2.41. The minimum absolute atomic E-state index is 0.0837. The minimum atomic E-state index is -0.877. The van der Waals surface area contributed by atoms with Crippen molar-refractivity contribution in [3.63, 3.8) is 0 Å². The van der Waals surface area contributed by atoms with Crippen molar-refractivity contribution in [2.75, 3.05) is 44.2 Å². The lowest BCUT2D eigenvalue weighted by atomic mass is 9.95. The van der Waals surface area contributed by atoms with Crippen LogP contribution >= 0.6 is 0 Å². The van der Waals surface area contributed by atoms with Gasteiger partial charge in [-0.1, -0.05) is 0 Å². The Morgan fingerprint density at radius 3 is 2.79 bits per heavy atom. The van der Waals surface area contributed by atoms with Gasteiger partial charge in [-0.05, 0) is 38.6 Å². The first-order valence-electron chi connectivity index (χ1n) is 11.9. The number of carbonyl (C=O) groups excluding carboxylic acids is 1. The molecule has 5 aliphatic heterocycles. The summed E-state index contributed by atoms with van der Waals surface area (Å²) in [6.45, 7) is 3.20. The van der Waals surface area contributed by atoms with Crippen LogP contribution in [0.25, 0.3) is 0 Å². The topological polar surface area (TPSA) is 111 Å². The van der Waals surface area contributed by atoms with Gasteiger partial charge in [-0.2, -0.15) is 9.97 Å². The van der Waals surface area contributed by atoms with E-state index in [9.17, 15) is 19.1 Å². The van der Waals surface area contributed by atoms with E-state index in [0.717, 1.165) is 37.8 Å². The Morgan fingerprint density at radius 1 is 1.24 bits per heavy atom. The number of hydrogen-bond donors (Lipinski definition) is 2. The van der Waals surface area contributed by atoms with Gasteiger partial charge in [0.1, 0.15) is 24.3 Å². The normalized spacial score (nSPS) is 33.1. The van der Waals surface area contributed by atoms with E-state index in [1.807, 2.05) is 0 Å². The maximum absolute atomic E-state index is 14.1. The van der Waals surface area contributed by atoms with E-state index in [-0.39, 0.29) is 29.5 Å². The van der Waals surface area contributed by atoms with Crippen molar-refractivity contribution < 1.29 is 23.8 Å². The van der Waals surface area contributed by atoms with Crippen LogP contribution in [0.5, 0.6) is 6.01 Å². The highest BCUT2D eigenvalue weighted by Gasteiger charge is 2.49. The molecule has 2 N–H and O–H groups in total. The van der Waals surface area contributed by atoms with E-state index in [0.29, 0.717) is 57.1 Å². The SMILES string of the molecule is O=C1NCCc2c1nc(OC[C@@]13CCCN1C[C@H](F)C3)nc2N1CC2CCC(C1)N2C(=O)O. The fourth-order valence-corrected chi connectivity index (χ4v) is 6.62. The Labute approximate surface area is 191 Å². The maximum atomic E-state index is 14.1. The molecule has 33 heavy (non-hydrogen) atoms. The molecule has 5 aliphatic rings. The zero-order chi connectivity index (χ0) is 22.7. The minimum Gasteiger partial charge on any atom is -0.465 e. The fourth-order valence-electron chi connectivity index (χ4n) is 6.62. The molecular formula is C22H29FN6O4. The zero-order valence-electron chi connectivity index (χ0n) is 18.5. The van der Waals surface area contributed by atoms with Gasteiger partial charge < -0.3 is 20.1 Å². The number of carboxylic acid groups (broad SMARTS) is 1. The monoisotopic (exact) mass is 460 g/mol. The van der Waals surface area contributed by atoms with Gasteiger partial charge in [0.2, 0.25) is 0 Å². The van der Waals surface area contributed by atoms with Gasteiger partial charge in [-0.25, -0.2) is 9.18 Å². The van der Waals surface area contributed by atoms with Crippen LogP contribution in [0.3, 0.4) is 0 Å². The molecule has 4 atom stereocenters. The Hall–Kier alpha value is -2.69. The molecule has 0 aromatic carbocycles. The molecule has 1 aromatic rings. The quantitative estimate of drug-likeness (QED) is 0.686. The number of halogens is 1. The molecule has 0 spiro atoms. The number of piperazine rings is 1. The molecule has 2 bridgehead atoms. The second kappa shape index (κ2) is 7.68. The van der Waals surface area contributed by atoms with Gasteiger partial charge in [-0.15, -0.1) is 0 Å². The summed E-state index contributed by atoms with van der Waals surface area (Å²) in [7, 11) is 0. The van der Waals surface area contributed by atoms with Gasteiger partial charge in [0.15, 0.2) is 0 Å². The Balaban J connectivity index is 1.29. The number of nitrogens with zero attached hydrogens (tertiary/aromatic N) is 5. The molecule has 0 saturated carbocycles. The van der Waals surface area contributed by atoms with Crippen molar-refractivity contribution in [1.29, 1.82) is 0 Å². The van der Waals surface area contributed by atoms with E-state index in [4.69, 9.17) is 9.72 Å². The number of nitrogens with one attached hydrogen (secondary N) is 1. The number of alkyl halides is 1. The number of hydrogen-bond acceptors (Lipinski definition) is 7. The van der Waals surface area contributed by atoms with Crippen LogP contribution in [-0.4, -0.2) is 100.0 Å². The highest BCUT2D eigenvalue weighted by Crippen LogP contribution is 2.41. The number of rotatable bonds is 4. The molecular weight excluding hydrogens is 431 g/mol. The highest BCUT2D eigenvalue weighted by molar-refractivity contribution is 5.96. The molecule has 11 heteroatoms. The van der Waals surface area contributed by atoms with Crippen molar-refractivity contribution in [1.82, 2.24) is 25.1 Å². The standard InChI is InChI=1S/C22H29FN6O4/c23-13-8-22(5-1-7-28(22)9-13)12-33-20-25-17-16(4-6-24-19(17)30)18(26-20)27-10-14-2-3-15(11-27)29(14)21(31)32/h13-15H,1-12H2,(H,24,30)(H,31,32)/t13-,14?,15?,22+/m1/s1. The third-order valence-electron chi connectivity index (χ3n) is 8.07. The predicted molar refractivity (Wildman–Crippen MR) is 116 cm³/mol. The molecule has 6 rings (SSSR count). The number of anilines is 1. The number of ether oxygens (including phenoxy) is 1. The van der Waals surface area contributed by atoms with Crippen LogP contribution < -0.4 is 15.0 Å². The third-order valence-corrected chi connectivity index (χ3v) is 8.07. The first kappa shape index (κ1) is 20.9. The zero-order valence-corrected chi connectivity index (χ0v) is 18.5. The van der Waals surface area contributed by atoms with Crippen LogP contribution in [0.15, 0.2) is 0 Å². The van der Waals surface area contributed by atoms with E-state index in [1.54, 1.807) is 4.90 Å². The molecule has 2 unspecified atom stereocenters. The summed E-state index contributed by atoms with van der Waals surface area (Å²) < 4.78 is 20.2. The summed E-state index contributed by atoms with van der Waals surface area (Å²) in [6.07, 6.45) is 2.90. The molecule has 178 valence electrons. The van der Waals surface area contributed by atoms with E-state index in [2.05, 4.69) is 20.1 Å². The van der Waals surface area contributed by atoms with Crippen molar-refractivity contribution >= 4 is 17.8 Å². The van der Waals surface area contributed by atoms with Crippen molar-refractivity contribution in [3.05, 3.63) is 11.3 Å². The Kier molecular flexibility index (Phi) is 4.86. The smallest absolute Gasteiger partial charge is 0.407 e. The van der Waals surface area contributed by atoms with Crippen molar-refractivity contribution in [2.45, 2.75) is 62.3 Å². The van der Waals surface area contributed by atoms with Gasteiger partial charge >= 0.3 is 12.1 Å². The largest absolute Gasteiger partial charge is 0.465 e. The van der Waals surface area contributed by atoms with E-state index in [1.165, 1.54) is 0 Å². The van der Waals surface area contributed by atoms with Gasteiger partial charge in [-0.3, -0.25) is 14.6 Å². The van der Waals surface area contributed by atoms with E-state index >= 15 is 0 Å². The molecule has 4 saturated heterocycles. The van der Waals surface area contributed by atoms with Crippen LogP contribution in [-0.2, 0) is 6.42 Å². The third kappa shape index (κ3) is 3.39. The average molecular weight is 461 g/mol. The fraction of sp³-hybridized carbons (Fsp3) is 0.727. The number of amides is 2. The molecule has 0 radical (unpaired) electrons. The average Bonchev–Trinajstić information content (AvgIpc) is 3.40. The second-order valence-corrected chi connectivity index (χ2v) is 10.0. The Bertz CT molecular complexity index is 980. The van der Waals surface area contributed by atoms with Crippen molar-refractivity contribution in [3.8, 4) is 6.01 Å². The predicted octanol–water partition coefficient (Wildman–Crippen LogP) is 1.05. The van der Waals surface area contributed by atoms with Gasteiger partial charge in [0.25, 0.3) is 5.91 Å². The summed E-state index contributed by atoms with van der Waals surface area (Å²) in [5.74, 6) is 0.421. The number of carbonyl (C=O) groups is 2. The van der Waals surface area contributed by atoms with Gasteiger partial charge in [0, 0.05) is 38.2 Å². The highest BCUT2D eigenvalue weighted by atomic mass is 19.1. The molecule has 10 nitrogen and oxygen atoms in total. The first-order valence-corrected chi connectivity index (χ1v) is 11.9. The van der Waals surface area contributed by atoms with Crippen LogP contribution in [0, 0.1) is 0 Å². The second-order valence-electron chi connectivity index (χ2n) is 10.0. The summed E-state index contributed by atoms with van der Waals surface area (Å²) in [6, 6.07) is -0.0310. The number of aromatic nitrogens is 2. The lowest BCUT2D eigenvalue weighted by Crippen LogP contribution is -2.56. The van der Waals surface area contributed by atoms with Gasteiger partial charge in [0.05, 0.1) is 17.6 Å². The molecule has 0 aliphatic carbocycles. The summed E-state index contributed by atoms with van der Waals surface area (Å²) in [4.78, 5) is 39.3. The maximum Gasteiger partial charge on any atom is 0.407 e. The molecule has 6 heterocycles. The van der Waals surface area contributed by atoms with Crippen molar-refractivity contribution in [2.24, 2.45) is 0 Å². The molecule has 1 aromatic heterocycles. The molecule has 2 amide bonds. The van der Waals surface area contributed by atoms with E-state index < -0.39 is 12.3 Å². The van der Waals surface area contributed by atoms with Crippen LogP contribution in [0.4, 0.5) is 15.0 Å².